The number of hydrogen-bond donors (Lipinski definition) is 1. The van der Waals surface area contributed by atoms with Crippen molar-refractivity contribution in [2.45, 2.75) is 20.8 Å². The minimum atomic E-state index is -0.322. The highest BCUT2D eigenvalue weighted by Crippen LogP contribution is 2.28. The fraction of sp³-hybridized carbons (Fsp3) is 0.179. The molecule has 0 bridgehead atoms. The predicted molar refractivity (Wildman–Crippen MR) is 145 cm³/mol. The van der Waals surface area contributed by atoms with Gasteiger partial charge < -0.3 is 14.8 Å². The summed E-state index contributed by atoms with van der Waals surface area (Å²) in [5.74, 6) is 1.86. The minimum absolute atomic E-state index is 0.322. The van der Waals surface area contributed by atoms with Crippen LogP contribution in [0.3, 0.4) is 0 Å². The predicted octanol–water partition coefficient (Wildman–Crippen LogP) is 4.60. The van der Waals surface area contributed by atoms with E-state index in [1.165, 1.54) is 18.0 Å². The van der Waals surface area contributed by atoms with Gasteiger partial charge in [-0.25, -0.2) is 14.6 Å². The van der Waals surface area contributed by atoms with E-state index in [1.54, 1.807) is 54.1 Å². The maximum atomic E-state index is 12.8. The summed E-state index contributed by atoms with van der Waals surface area (Å²) >= 11 is 0. The molecule has 0 fully saturated rings. The van der Waals surface area contributed by atoms with E-state index >= 15 is 0 Å². The molecule has 192 valence electrons. The number of amides is 1. The molecular weight excluding hydrogens is 482 g/mol. The zero-order valence-corrected chi connectivity index (χ0v) is 21.8. The highest BCUT2D eigenvalue weighted by atomic mass is 16.5. The van der Waals surface area contributed by atoms with E-state index in [0.29, 0.717) is 34.2 Å². The van der Waals surface area contributed by atoms with E-state index in [2.05, 4.69) is 51.5 Å². The van der Waals surface area contributed by atoms with Crippen LogP contribution in [-0.2, 0) is 4.79 Å². The van der Waals surface area contributed by atoms with Gasteiger partial charge in [0, 0.05) is 12.1 Å². The number of carbonyl (C=O) groups excluding carboxylic acids is 1. The zero-order valence-electron chi connectivity index (χ0n) is 21.8. The average Bonchev–Trinajstić information content (AvgIpc) is 3.52. The fourth-order valence-corrected chi connectivity index (χ4v) is 4.09. The van der Waals surface area contributed by atoms with E-state index in [1.807, 2.05) is 19.1 Å². The molecule has 38 heavy (non-hydrogen) atoms. The van der Waals surface area contributed by atoms with Crippen molar-refractivity contribution < 1.29 is 14.3 Å². The average molecular weight is 510 g/mol. The monoisotopic (exact) mass is 509 g/mol. The molecule has 1 amide bonds. The van der Waals surface area contributed by atoms with Gasteiger partial charge in [0.05, 0.1) is 37.2 Å². The van der Waals surface area contributed by atoms with Gasteiger partial charge in [-0.15, -0.1) is 0 Å². The molecule has 0 aliphatic rings. The van der Waals surface area contributed by atoms with Crippen LogP contribution < -0.4 is 14.8 Å². The van der Waals surface area contributed by atoms with Crippen molar-refractivity contribution in [3.8, 4) is 23.0 Å². The van der Waals surface area contributed by atoms with Gasteiger partial charge in [0.1, 0.15) is 12.1 Å². The largest absolute Gasteiger partial charge is 0.493 e. The maximum absolute atomic E-state index is 12.8. The van der Waals surface area contributed by atoms with Gasteiger partial charge in [0.25, 0.3) is 0 Å². The Hall–Kier alpha value is -4.99. The fourth-order valence-electron chi connectivity index (χ4n) is 4.09. The number of methoxy groups -OCH3 is 2. The standard InChI is InChI=1S/C28H27N7O3/c1-17-6-9-21(12-18(17)2)34-27-22(15-31-34)28(30-16-29-27)35-25(13-19(3)33-35)32-26(36)11-8-20-7-10-23(37-4)24(14-20)38-5/h6-16H,1-5H3,(H,32,36)/b11-8+. The quantitative estimate of drug-likeness (QED) is 0.320. The molecule has 0 saturated heterocycles. The lowest BCUT2D eigenvalue weighted by Gasteiger charge is -2.09. The van der Waals surface area contributed by atoms with E-state index in [-0.39, 0.29) is 5.91 Å². The Balaban J connectivity index is 1.44. The number of aryl methyl sites for hydroxylation is 3. The summed E-state index contributed by atoms with van der Waals surface area (Å²) in [6.45, 7) is 5.98. The van der Waals surface area contributed by atoms with Gasteiger partial charge in [-0.2, -0.15) is 14.9 Å². The molecule has 5 aromatic rings. The van der Waals surface area contributed by atoms with Crippen LogP contribution in [-0.4, -0.2) is 49.7 Å². The second kappa shape index (κ2) is 10.2. The third kappa shape index (κ3) is 4.71. The Morgan fingerprint density at radius 2 is 1.74 bits per heavy atom. The van der Waals surface area contributed by atoms with Crippen molar-refractivity contribution in [3.63, 3.8) is 0 Å². The Kier molecular flexibility index (Phi) is 6.61. The number of nitrogens with one attached hydrogen (secondary N) is 1. The van der Waals surface area contributed by atoms with Crippen LogP contribution in [0, 0.1) is 20.8 Å². The number of nitrogens with zero attached hydrogens (tertiary/aromatic N) is 6. The summed E-state index contributed by atoms with van der Waals surface area (Å²) in [5, 5.41) is 12.7. The van der Waals surface area contributed by atoms with Gasteiger partial charge in [0.15, 0.2) is 23.0 Å². The molecular formula is C28H27N7O3. The number of rotatable bonds is 7. The summed E-state index contributed by atoms with van der Waals surface area (Å²) in [7, 11) is 3.14. The van der Waals surface area contributed by atoms with Crippen molar-refractivity contribution >= 4 is 28.8 Å². The number of hydrogen-bond acceptors (Lipinski definition) is 7. The molecule has 5 rings (SSSR count). The van der Waals surface area contributed by atoms with E-state index < -0.39 is 0 Å². The summed E-state index contributed by atoms with van der Waals surface area (Å²) in [5.41, 5.74) is 5.41. The number of carbonyl (C=O) groups is 1. The van der Waals surface area contributed by atoms with Crippen LogP contribution in [0.1, 0.15) is 22.4 Å². The van der Waals surface area contributed by atoms with Crippen LogP contribution in [0.2, 0.25) is 0 Å². The number of anilines is 1. The molecule has 0 aliphatic heterocycles. The first kappa shape index (κ1) is 24.7. The molecule has 10 heteroatoms. The van der Waals surface area contributed by atoms with Gasteiger partial charge >= 0.3 is 0 Å². The number of fused-ring (bicyclic) bond motifs is 1. The van der Waals surface area contributed by atoms with Gasteiger partial charge in [0.2, 0.25) is 5.91 Å². The second-order valence-corrected chi connectivity index (χ2v) is 8.78. The molecule has 1 N–H and O–H groups in total. The number of aromatic nitrogens is 6. The normalized spacial score (nSPS) is 11.3. The first-order valence-corrected chi connectivity index (χ1v) is 11.9. The molecule has 0 saturated carbocycles. The topological polar surface area (TPSA) is 109 Å². The lowest BCUT2D eigenvalue weighted by atomic mass is 10.1. The summed E-state index contributed by atoms with van der Waals surface area (Å²) in [4.78, 5) is 21.8. The maximum Gasteiger partial charge on any atom is 0.249 e. The first-order chi connectivity index (χ1) is 18.4. The first-order valence-electron chi connectivity index (χ1n) is 11.9. The third-order valence-electron chi connectivity index (χ3n) is 6.20. The van der Waals surface area contributed by atoms with E-state index in [4.69, 9.17) is 9.47 Å². The Morgan fingerprint density at radius 1 is 0.921 bits per heavy atom. The highest BCUT2D eigenvalue weighted by molar-refractivity contribution is 6.01. The molecule has 0 atom stereocenters. The van der Waals surface area contributed by atoms with Crippen LogP contribution in [0.15, 0.2) is 61.1 Å². The molecule has 2 aromatic carbocycles. The SMILES string of the molecule is COc1ccc(/C=C/C(=O)Nc2cc(C)nn2-c2ncnc3c2cnn3-c2ccc(C)c(C)c2)cc1OC. The van der Waals surface area contributed by atoms with Gasteiger partial charge in [-0.1, -0.05) is 12.1 Å². The Labute approximate surface area is 219 Å². The summed E-state index contributed by atoms with van der Waals surface area (Å²) in [6.07, 6.45) is 6.32. The highest BCUT2D eigenvalue weighted by Gasteiger charge is 2.17. The van der Waals surface area contributed by atoms with E-state index in [9.17, 15) is 4.79 Å². The molecule has 0 radical (unpaired) electrons. The van der Waals surface area contributed by atoms with Crippen LogP contribution in [0.4, 0.5) is 5.82 Å². The third-order valence-corrected chi connectivity index (χ3v) is 6.20. The lowest BCUT2D eigenvalue weighted by molar-refractivity contribution is -0.111. The van der Waals surface area contributed by atoms with Crippen molar-refractivity contribution in [2.24, 2.45) is 0 Å². The summed E-state index contributed by atoms with van der Waals surface area (Å²) < 4.78 is 14.0. The Morgan fingerprint density at radius 3 is 2.50 bits per heavy atom. The van der Waals surface area contributed by atoms with Crippen molar-refractivity contribution in [3.05, 3.63) is 83.4 Å². The minimum Gasteiger partial charge on any atom is -0.493 e. The van der Waals surface area contributed by atoms with Crippen LogP contribution >= 0.6 is 0 Å². The molecule has 10 nitrogen and oxygen atoms in total. The number of ether oxygens (including phenoxy) is 2. The smallest absolute Gasteiger partial charge is 0.249 e. The van der Waals surface area contributed by atoms with Crippen LogP contribution in [0.25, 0.3) is 28.6 Å². The second-order valence-electron chi connectivity index (χ2n) is 8.78. The van der Waals surface area contributed by atoms with Crippen molar-refractivity contribution in [1.29, 1.82) is 0 Å². The van der Waals surface area contributed by atoms with Crippen LogP contribution in [0.5, 0.6) is 11.5 Å². The van der Waals surface area contributed by atoms with Crippen molar-refractivity contribution in [2.75, 3.05) is 19.5 Å². The lowest BCUT2D eigenvalue weighted by Crippen LogP contribution is -2.13. The number of benzene rings is 2. The van der Waals surface area contributed by atoms with Gasteiger partial charge in [-0.05, 0) is 67.8 Å². The Bertz CT molecular complexity index is 1680. The molecule has 3 heterocycles. The molecule has 0 spiro atoms. The van der Waals surface area contributed by atoms with Gasteiger partial charge in [-0.3, -0.25) is 4.79 Å². The molecule has 3 aromatic heterocycles. The van der Waals surface area contributed by atoms with Crippen molar-refractivity contribution in [1.82, 2.24) is 29.5 Å². The molecule has 0 unspecified atom stereocenters. The zero-order chi connectivity index (χ0) is 26.8. The summed E-state index contributed by atoms with van der Waals surface area (Å²) in [6, 6.07) is 13.3. The molecule has 0 aliphatic carbocycles. The van der Waals surface area contributed by atoms with E-state index in [0.717, 1.165) is 22.5 Å².